The summed E-state index contributed by atoms with van der Waals surface area (Å²) < 4.78 is 43.0. The maximum atomic E-state index is 14.9. The summed E-state index contributed by atoms with van der Waals surface area (Å²) in [5.41, 5.74) is 0.355. The molecule has 34 heavy (non-hydrogen) atoms. The zero-order valence-corrected chi connectivity index (χ0v) is 20.7. The summed E-state index contributed by atoms with van der Waals surface area (Å²) in [6.07, 6.45) is 3.72. The molecule has 3 aromatic rings. The molecule has 1 aliphatic heterocycles. The molecule has 0 N–H and O–H groups in total. The van der Waals surface area contributed by atoms with Crippen molar-refractivity contribution in [1.29, 1.82) is 0 Å². The summed E-state index contributed by atoms with van der Waals surface area (Å²) in [4.78, 5) is 12.9. The Labute approximate surface area is 200 Å². The van der Waals surface area contributed by atoms with Gasteiger partial charge in [0.2, 0.25) is 0 Å². The highest BCUT2D eigenvalue weighted by Crippen LogP contribution is 2.41. The van der Waals surface area contributed by atoms with Crippen LogP contribution in [-0.2, 0) is 15.9 Å². The van der Waals surface area contributed by atoms with Crippen LogP contribution in [0.25, 0.3) is 10.8 Å². The number of rotatable bonds is 4. The first-order chi connectivity index (χ1) is 16.1. The van der Waals surface area contributed by atoms with Crippen LogP contribution >= 0.6 is 0 Å². The summed E-state index contributed by atoms with van der Waals surface area (Å²) in [5.74, 6) is -0.581. The largest absolute Gasteiger partial charge is 0.494 e. The van der Waals surface area contributed by atoms with Crippen molar-refractivity contribution in [2.75, 3.05) is 0 Å². The third kappa shape index (κ3) is 4.43. The van der Waals surface area contributed by atoms with Gasteiger partial charge in [-0.15, -0.1) is 0 Å². The molecule has 0 radical (unpaired) electrons. The Hall–Kier alpha value is -2.51. The highest BCUT2D eigenvalue weighted by atomic mass is 19.1. The first kappa shape index (κ1) is 24.6. The predicted octanol–water partition coefficient (Wildman–Crippen LogP) is 5.53. The van der Waals surface area contributed by atoms with Gasteiger partial charge in [0, 0.05) is 11.8 Å². The molecular formula is C27H32BF2NO3. The molecule has 1 aliphatic carbocycles. The standard InChI is InChI=1S/C25H26BF2NO3.C2H6/c1-24(2)25(3,4)32-26(31-24)19-8-7-17(20(27)13-19)14-29-10-9-16-11-18(15-5-6-15)12-21(28)22(16)23(29)30;1-2/h7-13,15H,5-6,14H2,1-4H3;1-2H3. The highest BCUT2D eigenvalue weighted by molar-refractivity contribution is 6.62. The molecule has 1 saturated heterocycles. The molecule has 7 heteroatoms. The van der Waals surface area contributed by atoms with Gasteiger partial charge in [-0.25, -0.2) is 8.78 Å². The Balaban J connectivity index is 0.00000133. The summed E-state index contributed by atoms with van der Waals surface area (Å²) >= 11 is 0. The summed E-state index contributed by atoms with van der Waals surface area (Å²) in [6, 6.07) is 9.83. The second-order valence-electron chi connectivity index (χ2n) is 9.93. The lowest BCUT2D eigenvalue weighted by molar-refractivity contribution is 0.00578. The summed E-state index contributed by atoms with van der Waals surface area (Å²) in [7, 11) is -0.665. The van der Waals surface area contributed by atoms with Crippen molar-refractivity contribution in [2.24, 2.45) is 0 Å². The Kier molecular flexibility index (Phi) is 6.47. The molecule has 180 valence electrons. The van der Waals surface area contributed by atoms with Gasteiger partial charge in [0.15, 0.2) is 0 Å². The summed E-state index contributed by atoms with van der Waals surface area (Å²) in [5, 5.41) is 0.635. The lowest BCUT2D eigenvalue weighted by atomic mass is 9.78. The average Bonchev–Trinajstić information content (AvgIpc) is 3.59. The molecule has 2 aliphatic rings. The van der Waals surface area contributed by atoms with Gasteiger partial charge in [-0.3, -0.25) is 4.79 Å². The number of nitrogens with zero attached hydrogens (tertiary/aromatic N) is 1. The Morgan fingerprint density at radius 2 is 1.62 bits per heavy atom. The Bertz CT molecular complexity index is 1260. The second kappa shape index (κ2) is 8.93. The fourth-order valence-electron chi connectivity index (χ4n) is 4.17. The number of halogens is 2. The first-order valence-corrected chi connectivity index (χ1v) is 12.0. The zero-order chi connectivity index (χ0) is 24.8. The van der Waals surface area contributed by atoms with E-state index in [4.69, 9.17) is 9.31 Å². The van der Waals surface area contributed by atoms with Crippen LogP contribution in [-0.4, -0.2) is 22.9 Å². The minimum atomic E-state index is -0.665. The van der Waals surface area contributed by atoms with Gasteiger partial charge in [-0.2, -0.15) is 0 Å². The molecule has 1 saturated carbocycles. The van der Waals surface area contributed by atoms with Gasteiger partial charge in [0.05, 0.1) is 23.1 Å². The van der Waals surface area contributed by atoms with Crippen molar-refractivity contribution < 1.29 is 18.1 Å². The van der Waals surface area contributed by atoms with E-state index >= 15 is 0 Å². The topological polar surface area (TPSA) is 40.5 Å². The van der Waals surface area contributed by atoms with Gasteiger partial charge in [-0.1, -0.05) is 32.0 Å². The number of pyridine rings is 1. The van der Waals surface area contributed by atoms with Crippen molar-refractivity contribution in [2.45, 2.75) is 78.0 Å². The molecule has 0 amide bonds. The zero-order valence-electron chi connectivity index (χ0n) is 20.7. The molecule has 2 fully saturated rings. The van der Waals surface area contributed by atoms with Gasteiger partial charge < -0.3 is 13.9 Å². The molecule has 2 aromatic carbocycles. The van der Waals surface area contributed by atoms with E-state index in [1.807, 2.05) is 47.6 Å². The summed E-state index contributed by atoms with van der Waals surface area (Å²) in [6.45, 7) is 11.8. The monoisotopic (exact) mass is 467 g/mol. The van der Waals surface area contributed by atoms with Crippen molar-refractivity contribution in [3.63, 3.8) is 0 Å². The molecule has 0 spiro atoms. The Morgan fingerprint density at radius 1 is 0.971 bits per heavy atom. The predicted molar refractivity (Wildman–Crippen MR) is 133 cm³/mol. The minimum absolute atomic E-state index is 0.00801. The van der Waals surface area contributed by atoms with E-state index in [0.717, 1.165) is 18.4 Å². The fraction of sp³-hybridized carbons (Fsp3) is 0.444. The third-order valence-corrected chi connectivity index (χ3v) is 7.04. The van der Waals surface area contributed by atoms with Crippen molar-refractivity contribution in [3.05, 3.63) is 75.7 Å². The van der Waals surface area contributed by atoms with Crippen LogP contribution in [0.5, 0.6) is 0 Å². The number of benzene rings is 2. The second-order valence-corrected chi connectivity index (χ2v) is 9.93. The molecule has 0 atom stereocenters. The van der Waals surface area contributed by atoms with Gasteiger partial charge in [0.1, 0.15) is 11.6 Å². The molecule has 0 bridgehead atoms. The van der Waals surface area contributed by atoms with Crippen LogP contribution in [0.1, 0.15) is 71.4 Å². The van der Waals surface area contributed by atoms with E-state index in [2.05, 4.69) is 0 Å². The molecule has 5 rings (SSSR count). The minimum Gasteiger partial charge on any atom is -0.399 e. The van der Waals surface area contributed by atoms with E-state index in [1.165, 1.54) is 16.7 Å². The number of aromatic nitrogens is 1. The fourth-order valence-corrected chi connectivity index (χ4v) is 4.17. The number of hydrogen-bond donors (Lipinski definition) is 0. The maximum Gasteiger partial charge on any atom is 0.494 e. The molecule has 4 nitrogen and oxygen atoms in total. The first-order valence-electron chi connectivity index (χ1n) is 12.0. The van der Waals surface area contributed by atoms with Crippen molar-refractivity contribution >= 4 is 23.4 Å². The van der Waals surface area contributed by atoms with E-state index in [0.29, 0.717) is 22.3 Å². The lowest BCUT2D eigenvalue weighted by Gasteiger charge is -2.32. The van der Waals surface area contributed by atoms with Crippen molar-refractivity contribution in [3.8, 4) is 0 Å². The van der Waals surface area contributed by atoms with Crippen molar-refractivity contribution in [1.82, 2.24) is 4.57 Å². The molecular weight excluding hydrogens is 435 g/mol. The SMILES string of the molecule is CC.CC1(C)OB(c2ccc(Cn3ccc4cc(C5CC5)cc(F)c4c3=O)c(F)c2)OC1(C)C. The average molecular weight is 467 g/mol. The quantitative estimate of drug-likeness (QED) is 0.474. The van der Waals surface area contributed by atoms with Crippen LogP contribution in [0, 0.1) is 11.6 Å². The molecule has 1 aromatic heterocycles. The van der Waals surface area contributed by atoms with Crippen LogP contribution in [0.4, 0.5) is 8.78 Å². The lowest BCUT2D eigenvalue weighted by Crippen LogP contribution is -2.41. The van der Waals surface area contributed by atoms with E-state index in [1.54, 1.807) is 24.4 Å². The van der Waals surface area contributed by atoms with Gasteiger partial charge in [0.25, 0.3) is 5.56 Å². The van der Waals surface area contributed by atoms with Crippen LogP contribution in [0.3, 0.4) is 0 Å². The molecule has 0 unspecified atom stereocenters. The van der Waals surface area contributed by atoms with E-state index < -0.39 is 35.5 Å². The number of hydrogen-bond acceptors (Lipinski definition) is 3. The van der Waals surface area contributed by atoms with Gasteiger partial charge >= 0.3 is 7.12 Å². The van der Waals surface area contributed by atoms with Crippen LogP contribution < -0.4 is 11.0 Å². The number of fused-ring (bicyclic) bond motifs is 1. The maximum absolute atomic E-state index is 14.9. The van der Waals surface area contributed by atoms with E-state index in [-0.39, 0.29) is 11.9 Å². The molecule has 2 heterocycles. The smallest absolute Gasteiger partial charge is 0.399 e. The Morgan fingerprint density at radius 3 is 2.21 bits per heavy atom. The van der Waals surface area contributed by atoms with E-state index in [9.17, 15) is 13.6 Å². The van der Waals surface area contributed by atoms with Crippen LogP contribution in [0.15, 0.2) is 47.4 Å². The van der Waals surface area contributed by atoms with Gasteiger partial charge in [-0.05, 0) is 81.1 Å². The third-order valence-electron chi connectivity index (χ3n) is 7.04. The highest BCUT2D eigenvalue weighted by Gasteiger charge is 2.51. The van der Waals surface area contributed by atoms with Crippen LogP contribution in [0.2, 0.25) is 0 Å². The normalized spacial score (nSPS) is 18.6.